The Morgan fingerprint density at radius 1 is 1.16 bits per heavy atom. The van der Waals surface area contributed by atoms with E-state index in [9.17, 15) is 27.9 Å². The Labute approximate surface area is 229 Å². The highest BCUT2D eigenvalue weighted by Gasteiger charge is 2.63. The molecule has 9 unspecified atom stereocenters. The molecule has 9 nitrogen and oxygen atoms in total. The van der Waals surface area contributed by atoms with Crippen molar-refractivity contribution in [3.05, 3.63) is 0 Å². The molecule has 5 rings (SSSR count). The normalized spacial score (nSPS) is 45.4. The minimum absolute atomic E-state index is 0.0137. The van der Waals surface area contributed by atoms with Gasteiger partial charge in [0.1, 0.15) is 5.50 Å². The quantitative estimate of drug-likeness (QED) is 0.239. The van der Waals surface area contributed by atoms with E-state index in [0.717, 1.165) is 12.8 Å². The van der Waals surface area contributed by atoms with Gasteiger partial charge in [-0.15, -0.1) is 23.4 Å². The summed E-state index contributed by atoms with van der Waals surface area (Å²) in [7, 11) is 1.70. The number of alkyl halides is 4. The number of nitrogens with one attached hydrogen (secondary N) is 4. The number of piperidine rings is 2. The van der Waals surface area contributed by atoms with E-state index in [-0.39, 0.29) is 64.0 Å². The molecule has 5 aliphatic rings. The van der Waals surface area contributed by atoms with Gasteiger partial charge in [-0.05, 0) is 44.4 Å². The first-order valence-electron chi connectivity index (χ1n) is 13.3. The molecule has 14 heteroatoms. The highest BCUT2D eigenvalue weighted by atomic mass is 35.5. The number of carbonyl (C=O) groups excluding carboxylic acids is 2. The largest absolute Gasteiger partial charge is 0.417 e. The van der Waals surface area contributed by atoms with Crippen molar-refractivity contribution in [1.82, 2.24) is 26.2 Å². The number of nitrogens with zero attached hydrogens (tertiary/aromatic N) is 1. The lowest BCUT2D eigenvalue weighted by Gasteiger charge is -2.45. The first-order chi connectivity index (χ1) is 17.9. The Hall–Kier alpha value is -0.830. The van der Waals surface area contributed by atoms with Gasteiger partial charge in [0.25, 0.3) is 0 Å². The van der Waals surface area contributed by atoms with Crippen LogP contribution in [-0.2, 0) is 14.3 Å². The van der Waals surface area contributed by atoms with Crippen molar-refractivity contribution in [2.24, 2.45) is 23.7 Å². The second-order valence-electron chi connectivity index (χ2n) is 11.6. The monoisotopic (exact) mass is 583 g/mol. The minimum atomic E-state index is -4.72. The van der Waals surface area contributed by atoms with E-state index in [0.29, 0.717) is 26.2 Å². The summed E-state index contributed by atoms with van der Waals surface area (Å²) in [6.07, 6.45) is -4.32. The molecule has 4 saturated heterocycles. The number of fused-ring (bicyclic) bond motifs is 1. The van der Waals surface area contributed by atoms with Crippen LogP contribution >= 0.6 is 23.4 Å². The zero-order chi connectivity index (χ0) is 27.4. The molecule has 5 N–H and O–H groups in total. The van der Waals surface area contributed by atoms with Crippen molar-refractivity contribution in [3.63, 3.8) is 0 Å². The number of ether oxygens (including phenoxy) is 1. The zero-order valence-corrected chi connectivity index (χ0v) is 23.0. The van der Waals surface area contributed by atoms with Crippen LogP contribution in [0.4, 0.5) is 13.2 Å². The maximum absolute atomic E-state index is 13.5. The minimum Gasteiger partial charge on any atom is -0.380 e. The lowest BCUT2D eigenvalue weighted by molar-refractivity contribution is -0.296. The Balaban J connectivity index is 1.14. The van der Waals surface area contributed by atoms with Crippen LogP contribution in [0.3, 0.4) is 0 Å². The molecule has 0 spiro atoms. The third-order valence-corrected chi connectivity index (χ3v) is 10.8. The first kappa shape index (κ1) is 28.7. The Morgan fingerprint density at radius 2 is 1.89 bits per heavy atom. The fraction of sp³-hybridized carbons (Fsp3) is 0.917. The molecule has 0 bridgehead atoms. The molecule has 0 aromatic carbocycles. The second kappa shape index (κ2) is 10.9. The van der Waals surface area contributed by atoms with Gasteiger partial charge in [0, 0.05) is 56.5 Å². The van der Waals surface area contributed by atoms with Crippen molar-refractivity contribution < 1.29 is 32.6 Å². The van der Waals surface area contributed by atoms with Gasteiger partial charge in [-0.25, -0.2) is 0 Å². The smallest absolute Gasteiger partial charge is 0.380 e. The van der Waals surface area contributed by atoms with E-state index >= 15 is 0 Å². The summed E-state index contributed by atoms with van der Waals surface area (Å²) in [5.74, 6) is -1.13. The highest BCUT2D eigenvalue weighted by Crippen LogP contribution is 2.49. The fourth-order valence-electron chi connectivity index (χ4n) is 6.87. The van der Waals surface area contributed by atoms with Gasteiger partial charge >= 0.3 is 6.18 Å². The summed E-state index contributed by atoms with van der Waals surface area (Å²) < 4.78 is 44.5. The Bertz CT molecular complexity index is 899. The van der Waals surface area contributed by atoms with Gasteiger partial charge in [0.15, 0.2) is 5.60 Å². The zero-order valence-electron chi connectivity index (χ0n) is 21.5. The van der Waals surface area contributed by atoms with Crippen molar-refractivity contribution >= 4 is 35.2 Å². The van der Waals surface area contributed by atoms with E-state index in [1.807, 2.05) is 0 Å². The lowest BCUT2D eigenvalue weighted by Crippen LogP contribution is -2.59. The molecule has 1 aliphatic carbocycles. The number of likely N-dealkylation sites (tertiary alicyclic amines) is 1. The molecule has 2 amide bonds. The Kier molecular flexibility index (Phi) is 8.20. The number of amides is 2. The van der Waals surface area contributed by atoms with Crippen molar-refractivity contribution in [3.8, 4) is 0 Å². The molecule has 4 aliphatic heterocycles. The highest BCUT2D eigenvalue weighted by molar-refractivity contribution is 8.00. The molecule has 216 valence electrons. The molecule has 38 heavy (non-hydrogen) atoms. The maximum atomic E-state index is 13.5. The lowest BCUT2D eigenvalue weighted by atomic mass is 9.70. The summed E-state index contributed by atoms with van der Waals surface area (Å²) in [5.41, 5.74) is -3.21. The van der Waals surface area contributed by atoms with Crippen LogP contribution in [0.1, 0.15) is 32.6 Å². The molecule has 9 atom stereocenters. The van der Waals surface area contributed by atoms with Gasteiger partial charge in [0.2, 0.25) is 11.8 Å². The number of rotatable bonds is 5. The summed E-state index contributed by atoms with van der Waals surface area (Å²) >= 11 is 7.96. The standard InChI is InChI=1S/C24H37ClF3N5O4S/c1-11-3-13(14-4-19(25)30-8-17(14)37-2)15(7-29-11)20(34)32-22-31-16-9-33(10-18(16)38-22)21(35)12-5-23(36,6-12)24(26,27)28/h11-19,22,29-31,36H,3-10H2,1-2H3,(H,32,34). The van der Waals surface area contributed by atoms with Crippen LogP contribution in [0.15, 0.2) is 0 Å². The third-order valence-electron chi connectivity index (χ3n) is 9.09. The fourth-order valence-corrected chi connectivity index (χ4v) is 8.57. The van der Waals surface area contributed by atoms with Crippen molar-refractivity contribution in [1.29, 1.82) is 0 Å². The average Bonchev–Trinajstić information content (AvgIpc) is 3.39. The average molecular weight is 584 g/mol. The second-order valence-corrected chi connectivity index (χ2v) is 13.5. The number of halogens is 4. The summed E-state index contributed by atoms with van der Waals surface area (Å²) in [6, 6.07) is 0.227. The van der Waals surface area contributed by atoms with Crippen LogP contribution in [0.25, 0.3) is 0 Å². The van der Waals surface area contributed by atoms with Gasteiger partial charge < -0.3 is 25.4 Å². The van der Waals surface area contributed by atoms with Crippen LogP contribution < -0.4 is 21.3 Å². The molecular formula is C24H37ClF3N5O4S. The van der Waals surface area contributed by atoms with E-state index < -0.39 is 30.5 Å². The molecular weight excluding hydrogens is 547 g/mol. The van der Waals surface area contributed by atoms with Gasteiger partial charge in [-0.3, -0.25) is 20.2 Å². The van der Waals surface area contributed by atoms with Gasteiger partial charge in [-0.1, -0.05) is 0 Å². The molecule has 0 aromatic heterocycles. The molecule has 4 heterocycles. The van der Waals surface area contributed by atoms with Crippen molar-refractivity contribution in [2.45, 2.75) is 78.8 Å². The van der Waals surface area contributed by atoms with E-state index in [2.05, 4.69) is 28.2 Å². The molecule has 1 saturated carbocycles. The Morgan fingerprint density at radius 3 is 2.55 bits per heavy atom. The van der Waals surface area contributed by atoms with Crippen molar-refractivity contribution in [2.75, 3.05) is 33.3 Å². The van der Waals surface area contributed by atoms with E-state index in [1.54, 1.807) is 12.0 Å². The van der Waals surface area contributed by atoms with E-state index in [1.165, 1.54) is 11.8 Å². The molecule has 0 aromatic rings. The summed E-state index contributed by atoms with van der Waals surface area (Å²) in [6.45, 7) is 4.12. The van der Waals surface area contributed by atoms with Gasteiger partial charge in [-0.2, -0.15) is 13.2 Å². The third kappa shape index (κ3) is 5.53. The topological polar surface area (TPSA) is 115 Å². The number of hydrogen-bond acceptors (Lipinski definition) is 8. The number of thioether (sulfide) groups is 1. The van der Waals surface area contributed by atoms with Gasteiger partial charge in [0.05, 0.1) is 17.5 Å². The molecule has 0 radical (unpaired) electrons. The number of carbonyl (C=O) groups is 2. The predicted molar refractivity (Wildman–Crippen MR) is 136 cm³/mol. The molecule has 5 fully saturated rings. The van der Waals surface area contributed by atoms with Crippen LogP contribution in [0.5, 0.6) is 0 Å². The van der Waals surface area contributed by atoms with Crippen LogP contribution in [-0.4, -0.2) is 101 Å². The summed E-state index contributed by atoms with van der Waals surface area (Å²) in [4.78, 5) is 27.8. The predicted octanol–water partition coefficient (Wildman–Crippen LogP) is 0.809. The number of methoxy groups -OCH3 is 1. The number of aliphatic hydroxyl groups is 1. The van der Waals surface area contributed by atoms with Crippen LogP contribution in [0.2, 0.25) is 0 Å². The SMILES string of the molecule is COC1CNC(Cl)CC1C1CC(C)NCC1C(=O)NC1NC2CN(C(=O)C3CC(O)(C(F)(F)F)C3)CC2S1. The maximum Gasteiger partial charge on any atom is 0.417 e. The first-order valence-corrected chi connectivity index (χ1v) is 14.7. The van der Waals surface area contributed by atoms with E-state index in [4.69, 9.17) is 16.3 Å². The number of hydrogen-bond donors (Lipinski definition) is 5. The van der Waals surface area contributed by atoms with Crippen LogP contribution in [0, 0.1) is 23.7 Å². The summed E-state index contributed by atoms with van der Waals surface area (Å²) in [5, 5.41) is 22.9.